The maximum absolute atomic E-state index is 12.4. The second-order valence-corrected chi connectivity index (χ2v) is 6.00. The fraction of sp³-hybridized carbons (Fsp3) is 0.625. The molecule has 1 aliphatic heterocycles. The summed E-state index contributed by atoms with van der Waals surface area (Å²) in [4.78, 5) is 18.6. The number of nitrogens with one attached hydrogen (secondary N) is 1. The van der Waals surface area contributed by atoms with Crippen LogP contribution in [-0.4, -0.2) is 44.2 Å². The maximum atomic E-state index is 12.4. The number of aromatic amines is 1. The van der Waals surface area contributed by atoms with Crippen LogP contribution in [0.4, 0.5) is 0 Å². The maximum Gasteiger partial charge on any atom is 0.226 e. The Morgan fingerprint density at radius 1 is 1.52 bits per heavy atom. The van der Waals surface area contributed by atoms with Gasteiger partial charge in [0.15, 0.2) is 5.82 Å². The van der Waals surface area contributed by atoms with Crippen molar-refractivity contribution in [2.24, 2.45) is 0 Å². The summed E-state index contributed by atoms with van der Waals surface area (Å²) >= 11 is 0. The number of nitrogens with zero attached hydrogens (tertiary/aromatic N) is 4. The van der Waals surface area contributed by atoms with Crippen molar-refractivity contribution >= 4 is 5.91 Å². The highest BCUT2D eigenvalue weighted by molar-refractivity contribution is 5.76. The minimum atomic E-state index is 0.212. The molecule has 3 rings (SSSR count). The van der Waals surface area contributed by atoms with Gasteiger partial charge < -0.3 is 9.42 Å². The largest absolute Gasteiger partial charge is 0.342 e. The summed E-state index contributed by atoms with van der Waals surface area (Å²) in [5, 5.41) is 10.9. The Balaban J connectivity index is 1.46. The molecule has 23 heavy (non-hydrogen) atoms. The van der Waals surface area contributed by atoms with Crippen molar-refractivity contribution < 1.29 is 9.32 Å². The van der Waals surface area contributed by atoms with E-state index in [1.807, 2.05) is 17.9 Å². The van der Waals surface area contributed by atoms with Crippen LogP contribution in [0.2, 0.25) is 0 Å². The molecule has 7 nitrogen and oxygen atoms in total. The average molecular weight is 317 g/mol. The lowest BCUT2D eigenvalue weighted by Gasteiger charge is -2.32. The molecule has 0 spiro atoms. The molecule has 0 aromatic carbocycles. The first-order valence-electron chi connectivity index (χ1n) is 8.34. The van der Waals surface area contributed by atoms with Crippen LogP contribution in [0.3, 0.4) is 0 Å². The van der Waals surface area contributed by atoms with E-state index in [1.54, 1.807) is 6.20 Å². The quantitative estimate of drug-likeness (QED) is 0.881. The third kappa shape index (κ3) is 3.97. The third-order valence-corrected chi connectivity index (χ3v) is 4.34. The van der Waals surface area contributed by atoms with Gasteiger partial charge in [-0.3, -0.25) is 9.89 Å². The van der Waals surface area contributed by atoms with Crippen LogP contribution in [0.15, 0.2) is 16.8 Å². The number of amides is 1. The molecule has 2 aromatic heterocycles. The lowest BCUT2D eigenvalue weighted by molar-refractivity contribution is -0.132. The van der Waals surface area contributed by atoms with Crippen LogP contribution in [0.25, 0.3) is 0 Å². The van der Waals surface area contributed by atoms with E-state index in [1.165, 1.54) is 0 Å². The molecular formula is C16H23N5O2. The van der Waals surface area contributed by atoms with Crippen molar-refractivity contribution in [1.29, 1.82) is 0 Å². The van der Waals surface area contributed by atoms with Gasteiger partial charge in [0.2, 0.25) is 11.8 Å². The summed E-state index contributed by atoms with van der Waals surface area (Å²) in [6, 6.07) is 2.00. The molecule has 1 atom stereocenters. The first kappa shape index (κ1) is 15.7. The number of aryl methyl sites for hydroxylation is 2. The molecule has 1 N–H and O–H groups in total. The number of piperidine rings is 1. The van der Waals surface area contributed by atoms with Crippen LogP contribution in [0.1, 0.15) is 55.9 Å². The van der Waals surface area contributed by atoms with E-state index in [0.717, 1.165) is 50.3 Å². The first-order chi connectivity index (χ1) is 11.3. The zero-order chi connectivity index (χ0) is 16.1. The molecule has 0 unspecified atom stereocenters. The van der Waals surface area contributed by atoms with E-state index in [4.69, 9.17) is 4.52 Å². The van der Waals surface area contributed by atoms with Crippen LogP contribution in [0.5, 0.6) is 0 Å². The molecule has 3 heterocycles. The number of H-pyrrole nitrogens is 1. The standard InChI is InChI=1S/C16H23N5O2/c1-2-14-18-15(23-20-14)6-3-7-16(22)21-10-4-5-12(11-21)13-8-9-17-19-13/h8-9,12H,2-7,10-11H2,1H3,(H,17,19)/t12-/m1/s1. The smallest absolute Gasteiger partial charge is 0.226 e. The Bertz CT molecular complexity index is 622. The van der Waals surface area contributed by atoms with Gasteiger partial charge in [0, 0.05) is 50.2 Å². The predicted molar refractivity (Wildman–Crippen MR) is 83.8 cm³/mol. The van der Waals surface area contributed by atoms with Crippen molar-refractivity contribution in [2.45, 2.75) is 51.4 Å². The van der Waals surface area contributed by atoms with Crippen LogP contribution in [-0.2, 0) is 17.6 Å². The summed E-state index contributed by atoms with van der Waals surface area (Å²) in [6.45, 7) is 3.62. The third-order valence-electron chi connectivity index (χ3n) is 4.34. The average Bonchev–Trinajstić information content (AvgIpc) is 3.26. The molecular weight excluding hydrogens is 294 g/mol. The SMILES string of the molecule is CCc1noc(CCCC(=O)N2CCC[C@@H](c3ccn[nH]3)C2)n1. The van der Waals surface area contributed by atoms with Gasteiger partial charge in [-0.05, 0) is 25.3 Å². The van der Waals surface area contributed by atoms with E-state index >= 15 is 0 Å². The summed E-state index contributed by atoms with van der Waals surface area (Å²) in [5.41, 5.74) is 1.13. The van der Waals surface area contributed by atoms with Gasteiger partial charge in [-0.1, -0.05) is 12.1 Å². The van der Waals surface area contributed by atoms with Crippen molar-refractivity contribution in [3.05, 3.63) is 29.7 Å². The molecule has 0 radical (unpaired) electrons. The lowest BCUT2D eigenvalue weighted by Crippen LogP contribution is -2.39. The van der Waals surface area contributed by atoms with Crippen molar-refractivity contribution in [3.63, 3.8) is 0 Å². The van der Waals surface area contributed by atoms with Crippen LogP contribution >= 0.6 is 0 Å². The number of hydrogen-bond donors (Lipinski definition) is 1. The summed E-state index contributed by atoms with van der Waals surface area (Å²) in [5.74, 6) is 1.94. The molecule has 0 bridgehead atoms. The van der Waals surface area contributed by atoms with E-state index < -0.39 is 0 Å². The van der Waals surface area contributed by atoms with Crippen molar-refractivity contribution in [3.8, 4) is 0 Å². The van der Waals surface area contributed by atoms with Gasteiger partial charge in [-0.2, -0.15) is 10.1 Å². The molecule has 0 aliphatic carbocycles. The van der Waals surface area contributed by atoms with Crippen LogP contribution in [0, 0.1) is 0 Å². The number of hydrogen-bond acceptors (Lipinski definition) is 5. The number of aromatic nitrogens is 4. The lowest BCUT2D eigenvalue weighted by atomic mass is 9.94. The summed E-state index contributed by atoms with van der Waals surface area (Å²) in [7, 11) is 0. The van der Waals surface area contributed by atoms with Crippen LogP contribution < -0.4 is 0 Å². The van der Waals surface area contributed by atoms with Gasteiger partial charge in [0.1, 0.15) is 0 Å². The highest BCUT2D eigenvalue weighted by Gasteiger charge is 2.25. The molecule has 1 fully saturated rings. The monoisotopic (exact) mass is 317 g/mol. The van der Waals surface area contributed by atoms with Gasteiger partial charge in [-0.25, -0.2) is 0 Å². The highest BCUT2D eigenvalue weighted by atomic mass is 16.5. The van der Waals surface area contributed by atoms with E-state index in [2.05, 4.69) is 20.3 Å². The molecule has 1 saturated heterocycles. The molecule has 1 amide bonds. The highest BCUT2D eigenvalue weighted by Crippen LogP contribution is 2.25. The Hall–Kier alpha value is -2.18. The van der Waals surface area contributed by atoms with Gasteiger partial charge >= 0.3 is 0 Å². The Morgan fingerprint density at radius 2 is 2.43 bits per heavy atom. The summed E-state index contributed by atoms with van der Waals surface area (Å²) in [6.07, 6.45) is 6.62. The van der Waals surface area contributed by atoms with E-state index in [9.17, 15) is 4.79 Å². The molecule has 124 valence electrons. The Morgan fingerprint density at radius 3 is 3.17 bits per heavy atom. The fourth-order valence-electron chi connectivity index (χ4n) is 3.04. The molecule has 0 saturated carbocycles. The van der Waals surface area contributed by atoms with E-state index in [-0.39, 0.29) is 5.91 Å². The Labute approximate surface area is 135 Å². The topological polar surface area (TPSA) is 87.9 Å². The van der Waals surface area contributed by atoms with Crippen molar-refractivity contribution in [1.82, 2.24) is 25.2 Å². The van der Waals surface area contributed by atoms with Gasteiger partial charge in [-0.15, -0.1) is 0 Å². The second-order valence-electron chi connectivity index (χ2n) is 6.00. The van der Waals surface area contributed by atoms with E-state index in [0.29, 0.717) is 24.7 Å². The fourth-order valence-corrected chi connectivity index (χ4v) is 3.04. The normalized spacial score (nSPS) is 18.3. The number of rotatable bonds is 6. The zero-order valence-electron chi connectivity index (χ0n) is 13.5. The Kier molecular flexibility index (Phi) is 5.05. The second kappa shape index (κ2) is 7.39. The molecule has 1 aliphatic rings. The predicted octanol–water partition coefficient (Wildman–Crippen LogP) is 2.08. The first-order valence-corrected chi connectivity index (χ1v) is 8.34. The minimum Gasteiger partial charge on any atom is -0.342 e. The minimum absolute atomic E-state index is 0.212. The van der Waals surface area contributed by atoms with Crippen molar-refractivity contribution in [2.75, 3.05) is 13.1 Å². The zero-order valence-corrected chi connectivity index (χ0v) is 13.5. The number of likely N-dealkylation sites (tertiary alicyclic amines) is 1. The number of carbonyl (C=O) groups excluding carboxylic acids is 1. The molecule has 2 aromatic rings. The summed E-state index contributed by atoms with van der Waals surface area (Å²) < 4.78 is 5.15. The number of carbonyl (C=O) groups is 1. The van der Waals surface area contributed by atoms with Gasteiger partial charge in [0.05, 0.1) is 0 Å². The van der Waals surface area contributed by atoms with Gasteiger partial charge in [0.25, 0.3) is 0 Å². The molecule has 7 heteroatoms.